The van der Waals surface area contributed by atoms with Crippen LogP contribution >= 0.6 is 0 Å². The molecule has 0 aliphatic heterocycles. The molecule has 0 aromatic carbocycles. The van der Waals surface area contributed by atoms with Crippen molar-refractivity contribution >= 4 is 35.0 Å². The summed E-state index contributed by atoms with van der Waals surface area (Å²) in [6, 6.07) is 0. The van der Waals surface area contributed by atoms with Crippen LogP contribution < -0.4 is 10.2 Å². The number of carbonyl (C=O) groups excluding carboxylic acids is 2. The van der Waals surface area contributed by atoms with Crippen LogP contribution in [0.2, 0.25) is 0 Å². The molecule has 0 rings (SSSR count). The molecule has 0 spiro atoms. The van der Waals surface area contributed by atoms with Crippen LogP contribution in [0.1, 0.15) is 104 Å². The second kappa shape index (κ2) is 27.4. The minimum Gasteiger partial charge on any atom is -0.545 e. The van der Waals surface area contributed by atoms with Gasteiger partial charge < -0.3 is 19.8 Å². The Bertz CT molecular complexity index is 343. The van der Waals surface area contributed by atoms with Crippen molar-refractivity contribution in [3.8, 4) is 0 Å². The summed E-state index contributed by atoms with van der Waals surface area (Å²) < 4.78 is 0. The van der Waals surface area contributed by atoms with Crippen LogP contribution in [0, 0.1) is 0 Å². The molecule has 0 radical (unpaired) electrons. The molecule has 0 amide bonds. The first-order chi connectivity index (χ1) is 12.5. The zero-order valence-corrected chi connectivity index (χ0v) is 19.0. The SMILES string of the molecule is CCCCCCCC/C=C/C(=O)[O-].CCCCCCCC/C=C/C(=O)[O-].[Mg+2]. The molecule has 0 saturated heterocycles. The molecule has 0 aromatic rings. The predicted octanol–water partition coefficient (Wildman–Crippen LogP) is 3.71. The Morgan fingerprint density at radius 3 is 1.19 bits per heavy atom. The van der Waals surface area contributed by atoms with Crippen LogP contribution in [0.5, 0.6) is 0 Å². The van der Waals surface area contributed by atoms with Crippen molar-refractivity contribution in [2.45, 2.75) is 104 Å². The number of aliphatic carboxylic acids is 2. The molecule has 0 saturated carbocycles. The third-order valence-electron chi connectivity index (χ3n) is 3.96. The number of hydrogen-bond acceptors (Lipinski definition) is 4. The Labute approximate surface area is 182 Å². The van der Waals surface area contributed by atoms with E-state index in [-0.39, 0.29) is 23.1 Å². The molecule has 0 unspecified atom stereocenters. The van der Waals surface area contributed by atoms with Crippen LogP contribution in [0.4, 0.5) is 0 Å². The average molecular weight is 391 g/mol. The minimum absolute atomic E-state index is 0. The van der Waals surface area contributed by atoms with E-state index < -0.39 is 11.9 Å². The van der Waals surface area contributed by atoms with E-state index in [2.05, 4.69) is 13.8 Å². The molecule has 0 atom stereocenters. The van der Waals surface area contributed by atoms with E-state index in [1.807, 2.05) is 0 Å². The van der Waals surface area contributed by atoms with E-state index in [1.165, 1.54) is 64.2 Å². The summed E-state index contributed by atoms with van der Waals surface area (Å²) >= 11 is 0. The first-order valence-corrected chi connectivity index (χ1v) is 10.3. The molecule has 0 fully saturated rings. The van der Waals surface area contributed by atoms with E-state index in [0.29, 0.717) is 0 Å². The summed E-state index contributed by atoms with van der Waals surface area (Å²) in [5.74, 6) is -2.18. The van der Waals surface area contributed by atoms with Crippen molar-refractivity contribution in [3.63, 3.8) is 0 Å². The van der Waals surface area contributed by atoms with Crippen molar-refractivity contribution in [2.24, 2.45) is 0 Å². The third kappa shape index (κ3) is 36.8. The van der Waals surface area contributed by atoms with Gasteiger partial charge in [-0.05, 0) is 37.8 Å². The number of carboxylic acid groups (broad SMARTS) is 2. The summed E-state index contributed by atoms with van der Waals surface area (Å²) in [6.45, 7) is 4.39. The second-order valence-corrected chi connectivity index (χ2v) is 6.56. The van der Waals surface area contributed by atoms with Gasteiger partial charge >= 0.3 is 23.1 Å². The largest absolute Gasteiger partial charge is 2.00 e. The molecule has 5 heteroatoms. The molecule has 0 bridgehead atoms. The molecule has 0 N–H and O–H groups in total. The second-order valence-electron chi connectivity index (χ2n) is 6.56. The molecule has 0 aliphatic rings. The van der Waals surface area contributed by atoms with Gasteiger partial charge in [0, 0.05) is 0 Å². The molecule has 4 nitrogen and oxygen atoms in total. The van der Waals surface area contributed by atoms with Crippen LogP contribution in [-0.2, 0) is 9.59 Å². The summed E-state index contributed by atoms with van der Waals surface area (Å²) in [5, 5.41) is 20.0. The Balaban J connectivity index is -0.000000411. The van der Waals surface area contributed by atoms with Gasteiger partial charge in [0.25, 0.3) is 0 Å². The zero-order chi connectivity index (χ0) is 19.9. The molecule has 152 valence electrons. The Kier molecular flexibility index (Phi) is 31.4. The Morgan fingerprint density at radius 1 is 0.593 bits per heavy atom. The van der Waals surface area contributed by atoms with E-state index in [9.17, 15) is 19.8 Å². The number of hydrogen-bond donors (Lipinski definition) is 0. The van der Waals surface area contributed by atoms with E-state index in [0.717, 1.165) is 37.8 Å². The number of allylic oxidation sites excluding steroid dienone is 2. The topological polar surface area (TPSA) is 80.3 Å². The van der Waals surface area contributed by atoms with Crippen molar-refractivity contribution in [1.29, 1.82) is 0 Å². The number of rotatable bonds is 16. The van der Waals surface area contributed by atoms with Gasteiger partial charge in [-0.1, -0.05) is 90.2 Å². The standard InChI is InChI=1S/2C11H20O2.Mg/c2*1-2-3-4-5-6-7-8-9-10-11(12)13;/h2*9-10H,2-8H2,1H3,(H,12,13);/q;;+2/p-2/b2*10-9+;. The molecule has 0 aromatic heterocycles. The van der Waals surface area contributed by atoms with Crippen molar-refractivity contribution in [1.82, 2.24) is 0 Å². The quantitative estimate of drug-likeness (QED) is 0.228. The van der Waals surface area contributed by atoms with Gasteiger partial charge in [-0.3, -0.25) is 0 Å². The summed E-state index contributed by atoms with van der Waals surface area (Å²) in [6.07, 6.45) is 22.2. The maximum absolute atomic E-state index is 9.98. The van der Waals surface area contributed by atoms with Gasteiger partial charge in [-0.25, -0.2) is 0 Å². The Morgan fingerprint density at radius 2 is 0.889 bits per heavy atom. The van der Waals surface area contributed by atoms with Gasteiger partial charge in [-0.2, -0.15) is 0 Å². The molecular formula is C22H38MgO4. The fourth-order valence-electron chi connectivity index (χ4n) is 2.44. The van der Waals surface area contributed by atoms with Crippen molar-refractivity contribution < 1.29 is 19.8 Å². The molecule has 0 heterocycles. The van der Waals surface area contributed by atoms with Gasteiger partial charge in [0.15, 0.2) is 0 Å². The first kappa shape index (κ1) is 30.9. The van der Waals surface area contributed by atoms with Crippen LogP contribution in [-0.4, -0.2) is 35.0 Å². The molecule has 27 heavy (non-hydrogen) atoms. The molecular weight excluding hydrogens is 353 g/mol. The van der Waals surface area contributed by atoms with E-state index in [1.54, 1.807) is 12.2 Å². The normalized spacial score (nSPS) is 10.4. The van der Waals surface area contributed by atoms with Gasteiger partial charge in [-0.15, -0.1) is 0 Å². The minimum atomic E-state index is -1.09. The van der Waals surface area contributed by atoms with Gasteiger partial charge in [0.1, 0.15) is 0 Å². The maximum atomic E-state index is 9.98. The maximum Gasteiger partial charge on any atom is 2.00 e. The summed E-state index contributed by atoms with van der Waals surface area (Å²) in [4.78, 5) is 20.0. The van der Waals surface area contributed by atoms with Crippen LogP contribution in [0.25, 0.3) is 0 Å². The zero-order valence-electron chi connectivity index (χ0n) is 17.5. The Hall–Kier alpha value is -0.814. The number of unbranched alkanes of at least 4 members (excludes halogenated alkanes) is 12. The van der Waals surface area contributed by atoms with E-state index >= 15 is 0 Å². The van der Waals surface area contributed by atoms with Crippen LogP contribution in [0.3, 0.4) is 0 Å². The van der Waals surface area contributed by atoms with Crippen LogP contribution in [0.15, 0.2) is 24.3 Å². The number of carboxylic acids is 2. The third-order valence-corrected chi connectivity index (χ3v) is 3.96. The van der Waals surface area contributed by atoms with Gasteiger partial charge in [0.05, 0.1) is 11.9 Å². The monoisotopic (exact) mass is 390 g/mol. The fraction of sp³-hybridized carbons (Fsp3) is 0.727. The summed E-state index contributed by atoms with van der Waals surface area (Å²) in [7, 11) is 0. The first-order valence-electron chi connectivity index (χ1n) is 10.3. The van der Waals surface area contributed by atoms with Crippen molar-refractivity contribution in [2.75, 3.05) is 0 Å². The fourth-order valence-corrected chi connectivity index (χ4v) is 2.44. The molecule has 0 aliphatic carbocycles. The van der Waals surface area contributed by atoms with E-state index in [4.69, 9.17) is 0 Å². The van der Waals surface area contributed by atoms with Crippen molar-refractivity contribution in [3.05, 3.63) is 24.3 Å². The number of carbonyl (C=O) groups is 2. The van der Waals surface area contributed by atoms with Gasteiger partial charge in [0.2, 0.25) is 0 Å². The average Bonchev–Trinajstić information content (AvgIpc) is 2.60. The predicted molar refractivity (Wildman–Crippen MR) is 110 cm³/mol. The smallest absolute Gasteiger partial charge is 0.545 e. The summed E-state index contributed by atoms with van der Waals surface area (Å²) in [5.41, 5.74) is 0.